The summed E-state index contributed by atoms with van der Waals surface area (Å²) in [6.45, 7) is 3.38. The van der Waals surface area contributed by atoms with Crippen molar-refractivity contribution in [3.05, 3.63) is 82.4 Å². The fourth-order valence-electron chi connectivity index (χ4n) is 9.27. The maximum Gasteiger partial charge on any atom is 0.201 e. The van der Waals surface area contributed by atoms with E-state index < -0.39 is 46.0 Å². The van der Waals surface area contributed by atoms with E-state index in [0.29, 0.717) is 43.1 Å². The number of phenolic OH excluding ortho intramolecular Hbond substituents is 1. The molecule has 0 heterocycles. The van der Waals surface area contributed by atoms with E-state index in [1.54, 1.807) is 25.1 Å². The molecule has 318 valence electrons. The van der Waals surface area contributed by atoms with Gasteiger partial charge in [0.2, 0.25) is 11.6 Å². The van der Waals surface area contributed by atoms with Gasteiger partial charge in [0.05, 0.1) is 29.6 Å². The molecule has 0 spiro atoms. The molecule has 1 unspecified atom stereocenters. The van der Waals surface area contributed by atoms with Gasteiger partial charge in [0.1, 0.15) is 11.6 Å². The lowest BCUT2D eigenvalue weighted by atomic mass is 9.81. The largest absolute Gasteiger partial charge is 0.505 e. The number of unbranched alkanes of at least 4 members (excludes halogenated alkanes) is 4. The summed E-state index contributed by atoms with van der Waals surface area (Å²) < 4.78 is 106. The Morgan fingerprint density at radius 3 is 1.53 bits per heavy atom. The minimum Gasteiger partial charge on any atom is -0.505 e. The van der Waals surface area contributed by atoms with Crippen LogP contribution in [-0.2, 0) is 9.47 Å². The van der Waals surface area contributed by atoms with Crippen molar-refractivity contribution in [2.75, 3.05) is 26.4 Å². The summed E-state index contributed by atoms with van der Waals surface area (Å²) in [7, 11) is 0. The molecule has 2 aliphatic carbocycles. The molecule has 0 radical (unpaired) electrons. The molecule has 0 aliphatic heterocycles. The second kappa shape index (κ2) is 21.1. The molecule has 0 aromatic heterocycles. The van der Waals surface area contributed by atoms with E-state index >= 15 is 8.78 Å². The molecule has 1 atom stereocenters. The molecule has 0 amide bonds. The lowest BCUT2D eigenvalue weighted by Gasteiger charge is -2.29. The Hall–Kier alpha value is -3.54. The number of hydrogen-bond acceptors (Lipinski definition) is 5. The average molecular weight is 817 g/mol. The normalized spacial score (nSPS) is 20.6. The van der Waals surface area contributed by atoms with Gasteiger partial charge in [-0.1, -0.05) is 62.8 Å². The van der Waals surface area contributed by atoms with Crippen LogP contribution >= 0.6 is 0 Å². The minimum atomic E-state index is -1.43. The molecule has 0 bridgehead atoms. The number of ether oxygens (including phenoxy) is 3. The van der Waals surface area contributed by atoms with Crippen molar-refractivity contribution in [2.45, 2.75) is 140 Å². The molecule has 2 N–H and O–H groups in total. The van der Waals surface area contributed by atoms with E-state index in [0.717, 1.165) is 102 Å². The van der Waals surface area contributed by atoms with Gasteiger partial charge in [0.15, 0.2) is 23.1 Å². The highest BCUT2D eigenvalue weighted by molar-refractivity contribution is 5.87. The Bertz CT molecular complexity index is 1960. The zero-order valence-corrected chi connectivity index (χ0v) is 33.6. The van der Waals surface area contributed by atoms with Gasteiger partial charge in [0.25, 0.3) is 0 Å². The van der Waals surface area contributed by atoms with Crippen LogP contribution in [0.15, 0.2) is 36.4 Å². The van der Waals surface area contributed by atoms with Crippen LogP contribution in [0.4, 0.5) is 26.3 Å². The second-order valence-corrected chi connectivity index (χ2v) is 16.4. The predicted molar refractivity (Wildman–Crippen MR) is 215 cm³/mol. The number of aliphatic hydroxyl groups is 1. The monoisotopic (exact) mass is 816 g/mol. The highest BCUT2D eigenvalue weighted by Crippen LogP contribution is 2.41. The Labute approximate surface area is 338 Å². The molecular formula is C47H58F6O5. The van der Waals surface area contributed by atoms with Crippen molar-refractivity contribution in [1.29, 1.82) is 0 Å². The summed E-state index contributed by atoms with van der Waals surface area (Å²) in [5, 5.41) is 18.9. The van der Waals surface area contributed by atoms with Crippen LogP contribution in [-0.4, -0.2) is 48.8 Å². The summed E-state index contributed by atoms with van der Waals surface area (Å²) in [5.41, 5.74) is 0.810. The zero-order valence-electron chi connectivity index (χ0n) is 33.6. The van der Waals surface area contributed by atoms with Crippen LogP contribution in [0.2, 0.25) is 0 Å². The van der Waals surface area contributed by atoms with Crippen LogP contribution in [0.5, 0.6) is 11.5 Å². The Balaban J connectivity index is 0.815. The summed E-state index contributed by atoms with van der Waals surface area (Å²) in [6.07, 6.45) is 15.3. The molecule has 5 nitrogen and oxygen atoms in total. The fraction of sp³-hybridized carbons (Fsp3) is 0.574. The van der Waals surface area contributed by atoms with Gasteiger partial charge >= 0.3 is 0 Å². The molecular weight excluding hydrogens is 759 g/mol. The van der Waals surface area contributed by atoms with E-state index in [9.17, 15) is 27.8 Å². The molecule has 2 fully saturated rings. The molecule has 2 saturated carbocycles. The number of fused-ring (bicyclic) bond motifs is 2. The Kier molecular flexibility index (Phi) is 16.0. The summed E-state index contributed by atoms with van der Waals surface area (Å²) in [4.78, 5) is 0. The maximum absolute atomic E-state index is 15.5. The number of rotatable bonds is 20. The summed E-state index contributed by atoms with van der Waals surface area (Å²) >= 11 is 0. The van der Waals surface area contributed by atoms with E-state index in [2.05, 4.69) is 0 Å². The van der Waals surface area contributed by atoms with Crippen molar-refractivity contribution >= 4 is 21.5 Å². The van der Waals surface area contributed by atoms with Crippen molar-refractivity contribution < 1.29 is 50.8 Å². The van der Waals surface area contributed by atoms with Crippen molar-refractivity contribution in [3.8, 4) is 11.5 Å². The van der Waals surface area contributed by atoms with Gasteiger partial charge in [0, 0.05) is 19.8 Å². The van der Waals surface area contributed by atoms with E-state index in [4.69, 9.17) is 14.2 Å². The van der Waals surface area contributed by atoms with Gasteiger partial charge in [-0.05, 0) is 129 Å². The number of halogens is 6. The highest BCUT2D eigenvalue weighted by Gasteiger charge is 2.29. The van der Waals surface area contributed by atoms with Crippen LogP contribution in [0.25, 0.3) is 21.5 Å². The molecule has 0 saturated heterocycles. The van der Waals surface area contributed by atoms with Crippen LogP contribution < -0.4 is 4.74 Å². The topological polar surface area (TPSA) is 68.2 Å². The second-order valence-electron chi connectivity index (χ2n) is 16.4. The van der Waals surface area contributed by atoms with Crippen LogP contribution in [0, 0.1) is 40.8 Å². The van der Waals surface area contributed by atoms with Gasteiger partial charge in [-0.3, -0.25) is 0 Å². The number of benzene rings is 4. The predicted octanol–water partition coefficient (Wildman–Crippen LogP) is 12.8. The zero-order chi connectivity index (χ0) is 41.2. The SMILES string of the molecule is CCOc1cc2ccc(C3CCC(OCCCCCC(CCO)CCCCCOC4CCC(c5ccc6cc(O)c(F)c(F)c6c5F)CC4)CC3)c(F)c2c(F)c1F. The third kappa shape index (κ3) is 10.6. The molecule has 58 heavy (non-hydrogen) atoms. The molecule has 4 aromatic rings. The van der Waals surface area contributed by atoms with Crippen LogP contribution in [0.1, 0.15) is 139 Å². The highest BCUT2D eigenvalue weighted by atomic mass is 19.2. The fourth-order valence-corrected chi connectivity index (χ4v) is 9.27. The van der Waals surface area contributed by atoms with Crippen molar-refractivity contribution in [3.63, 3.8) is 0 Å². The molecule has 11 heteroatoms. The number of aromatic hydroxyl groups is 1. The Morgan fingerprint density at radius 2 is 1.05 bits per heavy atom. The first-order chi connectivity index (χ1) is 28.1. The molecule has 4 aromatic carbocycles. The first kappa shape index (κ1) is 44.0. The maximum atomic E-state index is 15.5. The van der Waals surface area contributed by atoms with Gasteiger partial charge < -0.3 is 24.4 Å². The third-order valence-electron chi connectivity index (χ3n) is 12.5. The third-order valence-corrected chi connectivity index (χ3v) is 12.5. The summed E-state index contributed by atoms with van der Waals surface area (Å²) in [5.74, 6) is -7.33. The first-order valence-electron chi connectivity index (χ1n) is 21.5. The first-order valence-corrected chi connectivity index (χ1v) is 21.5. The van der Waals surface area contributed by atoms with Gasteiger partial charge in [-0.15, -0.1) is 0 Å². The van der Waals surface area contributed by atoms with Gasteiger partial charge in [-0.25, -0.2) is 17.6 Å². The molecule has 6 rings (SSSR count). The van der Waals surface area contributed by atoms with Crippen molar-refractivity contribution in [2.24, 2.45) is 5.92 Å². The van der Waals surface area contributed by atoms with E-state index in [-0.39, 0.29) is 59.2 Å². The van der Waals surface area contributed by atoms with E-state index in [1.165, 1.54) is 12.1 Å². The Morgan fingerprint density at radius 1 is 0.569 bits per heavy atom. The molecule has 2 aliphatic rings. The lowest BCUT2D eigenvalue weighted by molar-refractivity contribution is 0.0221. The standard InChI is InChI=1S/C47H58F6O5/c1-2-56-39-28-33-16-22-37(43(49)41(33)47(53)45(39)51)31-13-19-35(20-14-31)58-26-8-4-6-10-29(23-24-54)9-5-3-7-25-57-34-17-11-30(12-18-34)36-21-15-32-27-38(55)44(50)46(52)40(32)42(36)48/h15-16,21-22,27-31,34-35,54-55H,2-14,17-20,23-26H2,1H3. The average Bonchev–Trinajstić information content (AvgIpc) is 3.22. The lowest BCUT2D eigenvalue weighted by Crippen LogP contribution is -2.22. The number of phenols is 1. The number of aliphatic hydroxyl groups excluding tert-OH is 1. The smallest absolute Gasteiger partial charge is 0.201 e. The quantitative estimate of drug-likeness (QED) is 0.0687. The van der Waals surface area contributed by atoms with Crippen LogP contribution in [0.3, 0.4) is 0 Å². The number of hydrogen-bond donors (Lipinski definition) is 2. The van der Waals surface area contributed by atoms with Gasteiger partial charge in [-0.2, -0.15) is 8.78 Å². The summed E-state index contributed by atoms with van der Waals surface area (Å²) in [6, 6.07) is 8.88. The van der Waals surface area contributed by atoms with Crippen molar-refractivity contribution in [1.82, 2.24) is 0 Å². The van der Waals surface area contributed by atoms with E-state index in [1.807, 2.05) is 0 Å². The minimum absolute atomic E-state index is 0.0702.